The topological polar surface area (TPSA) is 52.6 Å². The van der Waals surface area contributed by atoms with Gasteiger partial charge in [0, 0.05) is 5.56 Å². The van der Waals surface area contributed by atoms with Crippen LogP contribution in [-0.2, 0) is 24.7 Å². The van der Waals surface area contributed by atoms with Crippen molar-refractivity contribution in [1.82, 2.24) is 0 Å². The quantitative estimate of drug-likeness (QED) is 0.671. The fourth-order valence-electron chi connectivity index (χ4n) is 1.58. The molecule has 0 N–H and O–H groups in total. The van der Waals surface area contributed by atoms with Gasteiger partial charge in [0.25, 0.3) is 0 Å². The van der Waals surface area contributed by atoms with E-state index < -0.39 is 23.6 Å². The van der Waals surface area contributed by atoms with Crippen LogP contribution < -0.4 is 0 Å². The first-order valence-corrected chi connectivity index (χ1v) is 5.03. The Hall–Kier alpha value is -1.84. The first-order valence-electron chi connectivity index (χ1n) is 5.03. The smallest absolute Gasteiger partial charge is 0.355 e. The summed E-state index contributed by atoms with van der Waals surface area (Å²) in [6.45, 7) is 3.03. The summed E-state index contributed by atoms with van der Waals surface area (Å²) in [5, 5.41) is 0. The molecule has 1 heterocycles. The van der Waals surface area contributed by atoms with E-state index in [9.17, 15) is 9.59 Å². The molecule has 1 unspecified atom stereocenters. The van der Waals surface area contributed by atoms with Crippen molar-refractivity contribution in [3.63, 3.8) is 0 Å². The van der Waals surface area contributed by atoms with Crippen molar-refractivity contribution in [3.05, 3.63) is 35.9 Å². The summed E-state index contributed by atoms with van der Waals surface area (Å²) in [5.41, 5.74) is -0.717. The van der Waals surface area contributed by atoms with Gasteiger partial charge in [0.2, 0.25) is 5.60 Å². The Balaban J connectivity index is 2.38. The van der Waals surface area contributed by atoms with Crippen LogP contribution >= 0.6 is 0 Å². The lowest BCUT2D eigenvalue weighted by Gasteiger charge is -2.34. The molecule has 0 spiro atoms. The molecule has 0 amide bonds. The van der Waals surface area contributed by atoms with Gasteiger partial charge in [-0.25, -0.2) is 9.59 Å². The molecule has 0 aromatic heterocycles. The lowest BCUT2D eigenvalue weighted by atomic mass is 9.95. The van der Waals surface area contributed by atoms with Crippen LogP contribution in [0.15, 0.2) is 30.3 Å². The van der Waals surface area contributed by atoms with E-state index in [2.05, 4.69) is 0 Å². The zero-order valence-electron chi connectivity index (χ0n) is 9.10. The molecule has 1 aliphatic heterocycles. The Morgan fingerprint density at radius 3 is 2.44 bits per heavy atom. The van der Waals surface area contributed by atoms with Gasteiger partial charge in [-0.2, -0.15) is 0 Å². The van der Waals surface area contributed by atoms with Gasteiger partial charge in [0.05, 0.1) is 0 Å². The lowest BCUT2D eigenvalue weighted by molar-refractivity contribution is -0.209. The van der Waals surface area contributed by atoms with Crippen LogP contribution in [0.3, 0.4) is 0 Å². The molecule has 1 aromatic rings. The molecule has 2 rings (SSSR count). The van der Waals surface area contributed by atoms with Crippen molar-refractivity contribution in [2.75, 3.05) is 0 Å². The maximum Gasteiger partial charge on any atom is 0.355 e. The van der Waals surface area contributed by atoms with Crippen molar-refractivity contribution in [2.24, 2.45) is 0 Å². The number of cyclic esters (lactones) is 2. The van der Waals surface area contributed by atoms with Crippen molar-refractivity contribution in [2.45, 2.75) is 25.6 Å². The van der Waals surface area contributed by atoms with Crippen LogP contribution in [0.5, 0.6) is 0 Å². The summed E-state index contributed by atoms with van der Waals surface area (Å²) in [6, 6.07) is 8.83. The Bertz CT molecular complexity index is 426. The van der Waals surface area contributed by atoms with Gasteiger partial charge in [-0.3, -0.25) is 0 Å². The molecule has 0 aliphatic carbocycles. The molecule has 1 aliphatic rings. The molecule has 0 bridgehead atoms. The van der Waals surface area contributed by atoms with Gasteiger partial charge in [0.15, 0.2) is 6.10 Å². The van der Waals surface area contributed by atoms with E-state index in [1.54, 1.807) is 24.3 Å². The van der Waals surface area contributed by atoms with E-state index in [0.717, 1.165) is 0 Å². The van der Waals surface area contributed by atoms with Crippen molar-refractivity contribution in [1.29, 1.82) is 0 Å². The predicted octanol–water partition coefficient (Wildman–Crippen LogP) is 1.39. The molecule has 1 fully saturated rings. The van der Waals surface area contributed by atoms with Crippen molar-refractivity contribution < 1.29 is 19.1 Å². The minimum atomic E-state index is -1.33. The van der Waals surface area contributed by atoms with Crippen LogP contribution in [0.4, 0.5) is 0 Å². The fraction of sp³-hybridized carbons (Fsp3) is 0.333. The molecule has 1 aromatic carbocycles. The average Bonchev–Trinajstić information content (AvgIpc) is 2.28. The van der Waals surface area contributed by atoms with Gasteiger partial charge >= 0.3 is 11.9 Å². The third kappa shape index (κ3) is 1.56. The van der Waals surface area contributed by atoms with Crippen LogP contribution in [0.1, 0.15) is 19.4 Å². The Morgan fingerprint density at radius 1 is 1.19 bits per heavy atom. The Morgan fingerprint density at radius 2 is 1.81 bits per heavy atom. The SMILES string of the molecule is CC1OC(=O)[C@](C)(c2ccccc2)OC1=O. The minimum absolute atomic E-state index is 0.522. The van der Waals surface area contributed by atoms with Gasteiger partial charge in [-0.05, 0) is 13.8 Å². The van der Waals surface area contributed by atoms with Gasteiger partial charge in [-0.15, -0.1) is 0 Å². The van der Waals surface area contributed by atoms with Gasteiger partial charge in [0.1, 0.15) is 0 Å². The molecule has 4 heteroatoms. The minimum Gasteiger partial charge on any atom is -0.447 e. The molecule has 2 atom stereocenters. The first kappa shape index (κ1) is 10.7. The number of ether oxygens (including phenoxy) is 2. The number of rotatable bonds is 1. The molecule has 0 saturated carbocycles. The summed E-state index contributed by atoms with van der Waals surface area (Å²) >= 11 is 0. The van der Waals surface area contributed by atoms with E-state index >= 15 is 0 Å². The highest BCUT2D eigenvalue weighted by Crippen LogP contribution is 2.31. The molecule has 0 radical (unpaired) electrons. The fourth-order valence-corrected chi connectivity index (χ4v) is 1.58. The third-order valence-electron chi connectivity index (χ3n) is 2.63. The Labute approximate surface area is 93.2 Å². The van der Waals surface area contributed by atoms with Gasteiger partial charge < -0.3 is 9.47 Å². The predicted molar refractivity (Wildman–Crippen MR) is 55.4 cm³/mol. The zero-order chi connectivity index (χ0) is 11.8. The molecule has 4 nitrogen and oxygen atoms in total. The van der Waals surface area contributed by atoms with Crippen LogP contribution in [0, 0.1) is 0 Å². The maximum absolute atomic E-state index is 11.8. The van der Waals surface area contributed by atoms with Crippen LogP contribution in [-0.4, -0.2) is 18.0 Å². The number of benzene rings is 1. The monoisotopic (exact) mass is 220 g/mol. The number of hydrogen-bond acceptors (Lipinski definition) is 4. The molecule has 84 valence electrons. The highest BCUT2D eigenvalue weighted by atomic mass is 16.7. The second-order valence-electron chi connectivity index (χ2n) is 3.87. The van der Waals surface area contributed by atoms with E-state index in [1.165, 1.54) is 13.8 Å². The summed E-state index contributed by atoms with van der Waals surface area (Å²) < 4.78 is 10.1. The van der Waals surface area contributed by atoms with Crippen molar-refractivity contribution >= 4 is 11.9 Å². The van der Waals surface area contributed by atoms with Crippen LogP contribution in [0.2, 0.25) is 0 Å². The number of hydrogen-bond donors (Lipinski definition) is 0. The summed E-state index contributed by atoms with van der Waals surface area (Å²) in [5.74, 6) is -1.06. The highest BCUT2D eigenvalue weighted by Gasteiger charge is 2.47. The highest BCUT2D eigenvalue weighted by molar-refractivity contribution is 5.90. The maximum atomic E-state index is 11.8. The molecular formula is C12H12O4. The summed E-state index contributed by atoms with van der Waals surface area (Å²) in [7, 11) is 0. The number of carbonyl (C=O) groups is 2. The van der Waals surface area contributed by atoms with Gasteiger partial charge in [-0.1, -0.05) is 30.3 Å². The molecule has 16 heavy (non-hydrogen) atoms. The zero-order valence-corrected chi connectivity index (χ0v) is 9.10. The molecule has 1 saturated heterocycles. The average molecular weight is 220 g/mol. The first-order chi connectivity index (χ1) is 7.54. The largest absolute Gasteiger partial charge is 0.447 e. The van der Waals surface area contributed by atoms with E-state index in [1.807, 2.05) is 6.07 Å². The van der Waals surface area contributed by atoms with E-state index in [4.69, 9.17) is 9.47 Å². The number of carbonyl (C=O) groups excluding carboxylic acids is 2. The third-order valence-corrected chi connectivity index (χ3v) is 2.63. The standard InChI is InChI=1S/C12H12O4/c1-8-10(13)16-12(2,11(14)15-8)9-6-4-3-5-7-9/h3-8H,1-2H3/t8?,12-/m0/s1. The lowest BCUT2D eigenvalue weighted by Crippen LogP contribution is -2.48. The second kappa shape index (κ2) is 3.63. The normalized spacial score (nSPS) is 29.5. The van der Waals surface area contributed by atoms with Crippen molar-refractivity contribution in [3.8, 4) is 0 Å². The second-order valence-corrected chi connectivity index (χ2v) is 3.87. The van der Waals surface area contributed by atoms with Crippen LogP contribution in [0.25, 0.3) is 0 Å². The summed E-state index contributed by atoms with van der Waals surface area (Å²) in [6.07, 6.45) is -0.829. The van der Waals surface area contributed by atoms with E-state index in [0.29, 0.717) is 5.56 Å². The molecular weight excluding hydrogens is 208 g/mol. The number of esters is 2. The van der Waals surface area contributed by atoms with E-state index in [-0.39, 0.29) is 0 Å². The Kier molecular flexibility index (Phi) is 2.42. The summed E-state index contributed by atoms with van der Waals surface area (Å²) in [4.78, 5) is 23.2.